The zero-order chi connectivity index (χ0) is 14.1. The first-order valence-electron chi connectivity index (χ1n) is 6.95. The van der Waals surface area contributed by atoms with Gasteiger partial charge in [-0.3, -0.25) is 0 Å². The van der Waals surface area contributed by atoms with Crippen molar-refractivity contribution in [2.45, 2.75) is 63.8 Å². The lowest BCUT2D eigenvalue weighted by Crippen LogP contribution is -2.51. The Morgan fingerprint density at radius 2 is 2.16 bits per heavy atom. The van der Waals surface area contributed by atoms with Crippen molar-refractivity contribution in [2.24, 2.45) is 0 Å². The first kappa shape index (κ1) is 14.3. The smallest absolute Gasteiger partial charge is 0.410 e. The maximum Gasteiger partial charge on any atom is 0.410 e. The van der Waals surface area contributed by atoms with Gasteiger partial charge in [0.15, 0.2) is 0 Å². The van der Waals surface area contributed by atoms with E-state index in [1.54, 1.807) is 4.90 Å². The van der Waals surface area contributed by atoms with Gasteiger partial charge in [0.25, 0.3) is 0 Å². The molecule has 0 radical (unpaired) electrons. The second-order valence-corrected chi connectivity index (χ2v) is 6.52. The van der Waals surface area contributed by atoms with E-state index in [1.807, 2.05) is 20.8 Å². The average Bonchev–Trinajstić information content (AvgIpc) is 2.70. The molecule has 2 rings (SSSR count). The van der Waals surface area contributed by atoms with Gasteiger partial charge in [0, 0.05) is 6.54 Å². The molecule has 0 unspecified atom stereocenters. The minimum absolute atomic E-state index is 0.287. The summed E-state index contributed by atoms with van der Waals surface area (Å²) in [6, 6.07) is 0. The number of aldehydes is 1. The van der Waals surface area contributed by atoms with E-state index in [1.165, 1.54) is 0 Å². The average molecular weight is 269 g/mol. The lowest BCUT2D eigenvalue weighted by atomic mass is 9.90. The summed E-state index contributed by atoms with van der Waals surface area (Å²) in [4.78, 5) is 24.6. The zero-order valence-corrected chi connectivity index (χ0v) is 12.0. The van der Waals surface area contributed by atoms with Crippen molar-refractivity contribution in [3.8, 4) is 0 Å². The Morgan fingerprint density at radius 1 is 1.42 bits per heavy atom. The van der Waals surface area contributed by atoms with Gasteiger partial charge >= 0.3 is 6.09 Å². The first-order chi connectivity index (χ1) is 8.84. The number of piperidine rings is 1. The molecule has 2 saturated heterocycles. The highest BCUT2D eigenvalue weighted by Crippen LogP contribution is 2.37. The molecule has 2 heterocycles. The Balaban J connectivity index is 1.98. The van der Waals surface area contributed by atoms with Crippen molar-refractivity contribution in [3.05, 3.63) is 0 Å². The molecule has 2 aliphatic rings. The summed E-state index contributed by atoms with van der Waals surface area (Å²) >= 11 is 0. The minimum atomic E-state index is -0.483. The molecule has 2 fully saturated rings. The summed E-state index contributed by atoms with van der Waals surface area (Å²) in [6.45, 7) is 6.81. The van der Waals surface area contributed by atoms with Crippen LogP contribution in [0.3, 0.4) is 0 Å². The molecule has 0 N–H and O–H groups in total. The number of carbonyl (C=O) groups is 2. The quantitative estimate of drug-likeness (QED) is 0.684. The van der Waals surface area contributed by atoms with Crippen LogP contribution in [0.25, 0.3) is 0 Å². The van der Waals surface area contributed by atoms with Gasteiger partial charge in [-0.25, -0.2) is 4.79 Å². The van der Waals surface area contributed by atoms with Crippen LogP contribution in [-0.2, 0) is 14.3 Å². The summed E-state index contributed by atoms with van der Waals surface area (Å²) in [6.07, 6.45) is 3.67. The van der Waals surface area contributed by atoms with Gasteiger partial charge in [-0.1, -0.05) is 0 Å². The Bertz CT molecular complexity index is 363. The SMILES string of the molecule is CC(C)(C)OC(=O)N1CCC[C@@]2(CC[C@H](C=O)O2)C1. The van der Waals surface area contributed by atoms with Crippen LogP contribution < -0.4 is 0 Å². The number of rotatable bonds is 1. The normalized spacial score (nSPS) is 31.5. The van der Waals surface area contributed by atoms with E-state index in [-0.39, 0.29) is 17.8 Å². The van der Waals surface area contributed by atoms with Gasteiger partial charge in [0.1, 0.15) is 18.0 Å². The van der Waals surface area contributed by atoms with Crippen molar-refractivity contribution in [1.82, 2.24) is 4.90 Å². The van der Waals surface area contributed by atoms with Crippen LogP contribution in [-0.4, -0.2) is 47.7 Å². The lowest BCUT2D eigenvalue weighted by Gasteiger charge is -2.40. The maximum absolute atomic E-state index is 12.1. The van der Waals surface area contributed by atoms with Crippen molar-refractivity contribution >= 4 is 12.4 Å². The van der Waals surface area contributed by atoms with Gasteiger partial charge < -0.3 is 19.2 Å². The van der Waals surface area contributed by atoms with Gasteiger partial charge in [-0.15, -0.1) is 0 Å². The molecule has 5 heteroatoms. The predicted molar refractivity (Wildman–Crippen MR) is 69.9 cm³/mol. The Kier molecular flexibility index (Phi) is 3.85. The second kappa shape index (κ2) is 5.12. The molecular formula is C14H23NO4. The van der Waals surface area contributed by atoms with Crippen LogP contribution in [0.15, 0.2) is 0 Å². The molecular weight excluding hydrogens is 246 g/mol. The molecule has 108 valence electrons. The number of amides is 1. The Labute approximate surface area is 114 Å². The van der Waals surface area contributed by atoms with Crippen LogP contribution in [0.4, 0.5) is 4.79 Å². The minimum Gasteiger partial charge on any atom is -0.444 e. The van der Waals surface area contributed by atoms with Gasteiger partial charge in [0.2, 0.25) is 0 Å². The van der Waals surface area contributed by atoms with E-state index in [0.29, 0.717) is 13.1 Å². The molecule has 2 aliphatic heterocycles. The number of nitrogens with zero attached hydrogens (tertiary/aromatic N) is 1. The molecule has 19 heavy (non-hydrogen) atoms. The number of carbonyl (C=O) groups excluding carboxylic acids is 2. The van der Waals surface area contributed by atoms with E-state index in [2.05, 4.69) is 0 Å². The van der Waals surface area contributed by atoms with Gasteiger partial charge in [-0.05, 0) is 46.5 Å². The Morgan fingerprint density at radius 3 is 2.74 bits per heavy atom. The van der Waals surface area contributed by atoms with Crippen molar-refractivity contribution in [1.29, 1.82) is 0 Å². The summed E-state index contributed by atoms with van der Waals surface area (Å²) in [7, 11) is 0. The van der Waals surface area contributed by atoms with Crippen LogP contribution in [0, 0.1) is 0 Å². The van der Waals surface area contributed by atoms with Crippen LogP contribution in [0.5, 0.6) is 0 Å². The molecule has 1 spiro atoms. The van der Waals surface area contributed by atoms with Crippen molar-refractivity contribution in [2.75, 3.05) is 13.1 Å². The molecule has 0 aromatic carbocycles. The highest BCUT2D eigenvalue weighted by atomic mass is 16.6. The summed E-state index contributed by atoms with van der Waals surface area (Å²) in [5.41, 5.74) is -0.815. The fraction of sp³-hybridized carbons (Fsp3) is 0.857. The Hall–Kier alpha value is -1.10. The predicted octanol–water partition coefficient (Wildman–Crippen LogP) is 2.13. The highest BCUT2D eigenvalue weighted by Gasteiger charge is 2.44. The highest BCUT2D eigenvalue weighted by molar-refractivity contribution is 5.68. The monoisotopic (exact) mass is 269 g/mol. The molecule has 0 aromatic heterocycles. The molecule has 0 saturated carbocycles. The molecule has 2 atom stereocenters. The summed E-state index contributed by atoms with van der Waals surface area (Å²) in [5, 5.41) is 0. The molecule has 0 aromatic rings. The first-order valence-corrected chi connectivity index (χ1v) is 6.95. The number of ether oxygens (including phenoxy) is 2. The number of hydrogen-bond donors (Lipinski definition) is 0. The van der Waals surface area contributed by atoms with Crippen molar-refractivity contribution in [3.63, 3.8) is 0 Å². The maximum atomic E-state index is 12.1. The van der Waals surface area contributed by atoms with E-state index < -0.39 is 5.60 Å². The second-order valence-electron chi connectivity index (χ2n) is 6.52. The lowest BCUT2D eigenvalue weighted by molar-refractivity contribution is -0.127. The van der Waals surface area contributed by atoms with Crippen molar-refractivity contribution < 1.29 is 19.1 Å². The largest absolute Gasteiger partial charge is 0.444 e. The van der Waals surface area contributed by atoms with E-state index in [0.717, 1.165) is 32.0 Å². The standard InChI is InChI=1S/C14H23NO4/c1-13(2,3)19-12(17)15-8-4-6-14(10-15)7-5-11(9-16)18-14/h9,11H,4-8,10H2,1-3H3/t11-,14-/m1/s1. The fourth-order valence-corrected chi connectivity index (χ4v) is 2.82. The third-order valence-corrected chi connectivity index (χ3v) is 3.63. The van der Waals surface area contributed by atoms with E-state index >= 15 is 0 Å². The summed E-state index contributed by atoms with van der Waals surface area (Å²) < 4.78 is 11.2. The van der Waals surface area contributed by atoms with Crippen LogP contribution in [0.2, 0.25) is 0 Å². The third kappa shape index (κ3) is 3.47. The third-order valence-electron chi connectivity index (χ3n) is 3.63. The van der Waals surface area contributed by atoms with Gasteiger partial charge in [0.05, 0.1) is 12.1 Å². The molecule has 0 bridgehead atoms. The fourth-order valence-electron chi connectivity index (χ4n) is 2.82. The van der Waals surface area contributed by atoms with E-state index in [4.69, 9.17) is 9.47 Å². The number of likely N-dealkylation sites (tertiary alicyclic amines) is 1. The number of hydrogen-bond acceptors (Lipinski definition) is 4. The van der Waals surface area contributed by atoms with E-state index in [9.17, 15) is 9.59 Å². The molecule has 1 amide bonds. The summed E-state index contributed by atoms with van der Waals surface area (Å²) in [5.74, 6) is 0. The molecule has 5 nitrogen and oxygen atoms in total. The zero-order valence-electron chi connectivity index (χ0n) is 12.0. The van der Waals surface area contributed by atoms with Crippen LogP contribution in [0.1, 0.15) is 46.5 Å². The molecule has 0 aliphatic carbocycles. The van der Waals surface area contributed by atoms with Crippen LogP contribution >= 0.6 is 0 Å². The van der Waals surface area contributed by atoms with Gasteiger partial charge in [-0.2, -0.15) is 0 Å². The topological polar surface area (TPSA) is 55.8 Å².